The molecule has 2 aromatic carbocycles. The normalized spacial score (nSPS) is 18.1. The van der Waals surface area contributed by atoms with Gasteiger partial charge < -0.3 is 51.5 Å². The van der Waals surface area contributed by atoms with E-state index in [4.69, 9.17) is 0 Å². The van der Waals surface area contributed by atoms with Gasteiger partial charge in [-0.3, -0.25) is 28.8 Å². The number of unbranched alkanes of at least 4 members (excludes halogenated alkanes) is 5. The first-order chi connectivity index (χ1) is 28.4. The molecule has 0 unspecified atom stereocenters. The zero-order valence-electron chi connectivity index (χ0n) is 35.5. The van der Waals surface area contributed by atoms with Gasteiger partial charge in [0.25, 0.3) is 0 Å². The minimum atomic E-state index is -1.47. The van der Waals surface area contributed by atoms with Gasteiger partial charge in [-0.05, 0) is 61.6 Å². The number of nitrogens with zero attached hydrogens (tertiary/aromatic N) is 2. The lowest BCUT2D eigenvalue weighted by atomic mass is 9.94. The number of nitrogens with one attached hydrogen (secondary N) is 4. The number of carboxylic acid groups (broad SMARTS) is 1. The monoisotopic (exact) mass is 838 g/mol. The van der Waals surface area contributed by atoms with Crippen molar-refractivity contribution in [3.8, 4) is 22.6 Å². The van der Waals surface area contributed by atoms with Crippen LogP contribution in [0.4, 0.5) is 0 Å². The lowest BCUT2D eigenvalue weighted by Crippen LogP contribution is -2.55. The number of carboxylic acids is 1. The number of carbonyl (C=O) groups excluding carboxylic acids is 6. The lowest BCUT2D eigenvalue weighted by molar-refractivity contribution is -0.143. The molecule has 1 aliphatic rings. The summed E-state index contributed by atoms with van der Waals surface area (Å²) < 4.78 is 0. The molecule has 8 N–H and O–H groups in total. The van der Waals surface area contributed by atoms with Crippen molar-refractivity contribution in [2.24, 2.45) is 5.92 Å². The number of fused-ring (bicyclic) bond motifs is 5. The third kappa shape index (κ3) is 13.7. The van der Waals surface area contributed by atoms with Crippen LogP contribution >= 0.6 is 0 Å². The summed E-state index contributed by atoms with van der Waals surface area (Å²) in [5.74, 6) is -5.52. The van der Waals surface area contributed by atoms with Crippen molar-refractivity contribution in [2.45, 2.75) is 122 Å². The van der Waals surface area contributed by atoms with Gasteiger partial charge in [0.1, 0.15) is 41.7 Å². The molecule has 1 aliphatic heterocycles. The Morgan fingerprint density at radius 1 is 0.833 bits per heavy atom. The van der Waals surface area contributed by atoms with Crippen molar-refractivity contribution in [3.05, 3.63) is 47.5 Å². The van der Waals surface area contributed by atoms with E-state index in [1.807, 2.05) is 0 Å². The molecule has 0 saturated heterocycles. The van der Waals surface area contributed by atoms with E-state index >= 15 is 0 Å². The van der Waals surface area contributed by atoms with Gasteiger partial charge in [0.2, 0.25) is 35.4 Å². The summed E-state index contributed by atoms with van der Waals surface area (Å²) in [5, 5.41) is 51.2. The maximum absolute atomic E-state index is 13.9. The molecule has 0 fully saturated rings. The van der Waals surface area contributed by atoms with E-state index in [0.717, 1.165) is 41.4 Å². The highest BCUT2D eigenvalue weighted by Gasteiger charge is 2.34. The van der Waals surface area contributed by atoms with Crippen molar-refractivity contribution in [1.29, 1.82) is 0 Å². The van der Waals surface area contributed by atoms with E-state index in [1.165, 1.54) is 83.6 Å². The van der Waals surface area contributed by atoms with Gasteiger partial charge >= 0.3 is 5.97 Å². The van der Waals surface area contributed by atoms with Crippen LogP contribution in [0.5, 0.6) is 11.5 Å². The zero-order chi connectivity index (χ0) is 44.7. The van der Waals surface area contributed by atoms with Crippen LogP contribution in [0.25, 0.3) is 11.1 Å². The predicted octanol–water partition coefficient (Wildman–Crippen LogP) is 2.50. The minimum absolute atomic E-state index is 0.0659. The Morgan fingerprint density at radius 2 is 1.45 bits per heavy atom. The number of hydrogen-bond acceptors (Lipinski definition) is 10. The van der Waals surface area contributed by atoms with Crippen LogP contribution in [0.1, 0.15) is 103 Å². The van der Waals surface area contributed by atoms with Gasteiger partial charge in [-0.15, -0.1) is 0 Å². The fourth-order valence-electron chi connectivity index (χ4n) is 6.88. The Kier molecular flexibility index (Phi) is 18.8. The highest BCUT2D eigenvalue weighted by atomic mass is 16.4. The summed E-state index contributed by atoms with van der Waals surface area (Å²) >= 11 is 0. The number of aliphatic hydroxyl groups excluding tert-OH is 1. The maximum Gasteiger partial charge on any atom is 0.326 e. The molecule has 0 aromatic heterocycles. The third-order valence-corrected chi connectivity index (χ3v) is 11.1. The molecule has 17 heteroatoms. The van der Waals surface area contributed by atoms with E-state index in [-0.39, 0.29) is 46.9 Å². The molecule has 6 atom stereocenters. The van der Waals surface area contributed by atoms with Crippen molar-refractivity contribution >= 4 is 41.4 Å². The lowest BCUT2D eigenvalue weighted by Gasteiger charge is -2.30. The molecule has 60 heavy (non-hydrogen) atoms. The first-order valence-electron chi connectivity index (χ1n) is 20.6. The summed E-state index contributed by atoms with van der Waals surface area (Å²) in [4.78, 5) is 93.8. The number of aliphatic carboxylic acids is 1. The average Bonchev–Trinajstić information content (AvgIpc) is 3.21. The van der Waals surface area contributed by atoms with Gasteiger partial charge in [-0.2, -0.15) is 0 Å². The smallest absolute Gasteiger partial charge is 0.326 e. The van der Waals surface area contributed by atoms with Crippen LogP contribution in [0.15, 0.2) is 36.4 Å². The van der Waals surface area contributed by atoms with E-state index in [9.17, 15) is 54.0 Å². The molecule has 17 nitrogen and oxygen atoms in total. The highest BCUT2D eigenvalue weighted by molar-refractivity contribution is 5.96. The third-order valence-electron chi connectivity index (χ3n) is 11.1. The minimum Gasteiger partial charge on any atom is -0.507 e. The van der Waals surface area contributed by atoms with E-state index < -0.39 is 78.9 Å². The second kappa shape index (κ2) is 23.2. The quantitative estimate of drug-likeness (QED) is 0.0955. The fourth-order valence-corrected chi connectivity index (χ4v) is 6.88. The highest BCUT2D eigenvalue weighted by Crippen LogP contribution is 2.38. The van der Waals surface area contributed by atoms with E-state index in [1.54, 1.807) is 0 Å². The van der Waals surface area contributed by atoms with E-state index in [2.05, 4.69) is 35.1 Å². The summed E-state index contributed by atoms with van der Waals surface area (Å²) in [6.45, 7) is 5.80. The molecule has 4 bridgehead atoms. The molecule has 2 aromatic rings. The summed E-state index contributed by atoms with van der Waals surface area (Å²) in [5.41, 5.74) is 0.723. The SMILES string of the molecule is CC[C@H](C)CCCCCCCCC(=O)N(C)[C@H](CO)C(=O)N[C@H](C)C(=O)NCC(=O)N(C)[C@@H]1C(=O)N[C@@H](C)C(=O)N[C@@H](C(=O)O)Cc2ccc(O)c(c2)-c2cc1ccc2O. The first kappa shape index (κ1) is 48.7. The Hall–Kier alpha value is -5.71. The van der Waals surface area contributed by atoms with Gasteiger partial charge in [0.05, 0.1) is 13.2 Å². The number of hydrogen-bond donors (Lipinski definition) is 8. The number of phenolic OH excluding ortho intramolecular Hbond substituents is 2. The average molecular weight is 839 g/mol. The van der Waals surface area contributed by atoms with Crippen molar-refractivity contribution in [3.63, 3.8) is 0 Å². The Balaban J connectivity index is 1.68. The zero-order valence-corrected chi connectivity index (χ0v) is 35.5. The molecule has 6 amide bonds. The van der Waals surface area contributed by atoms with Crippen LogP contribution in [-0.2, 0) is 40.0 Å². The molecule has 0 spiro atoms. The number of benzene rings is 2. The molecule has 0 radical (unpaired) electrons. The summed E-state index contributed by atoms with van der Waals surface area (Å²) in [7, 11) is 2.69. The van der Waals surface area contributed by atoms with E-state index in [0.29, 0.717) is 12.0 Å². The number of phenols is 2. The number of aromatic hydroxyl groups is 2. The molecular formula is C43H62N6O11. The Morgan fingerprint density at radius 3 is 2.08 bits per heavy atom. The maximum atomic E-state index is 13.9. The molecule has 0 aliphatic carbocycles. The van der Waals surface area contributed by atoms with Crippen molar-refractivity contribution in [2.75, 3.05) is 27.2 Å². The molecule has 330 valence electrons. The standard InChI is InChI=1S/C43H62N6O11/c1-7-25(2)14-12-10-8-9-11-13-15-36(53)48(5)33(24-50)41(57)45-26(3)39(55)44-23-37(54)49(6)38-29-17-19-35(52)31(22-29)30-20-28(16-18-34(30)51)21-32(43(59)60)47-40(56)27(4)46-42(38)58/h16-20,22,25-27,32-33,38,50-52H,7-15,21,23-24H2,1-6H3,(H,44,55)(H,45,57)(H,46,58)(H,47,56)(H,59,60)/t25-,26+,27-,32+,33+,38-/m0/s1. The fraction of sp³-hybridized carbons (Fsp3) is 0.558. The van der Waals surface area contributed by atoms with Crippen LogP contribution < -0.4 is 21.3 Å². The first-order valence-corrected chi connectivity index (χ1v) is 20.6. The second-order valence-corrected chi connectivity index (χ2v) is 15.7. The molecule has 0 saturated carbocycles. The molecule has 1 heterocycles. The largest absolute Gasteiger partial charge is 0.507 e. The number of aliphatic hydroxyl groups is 1. The molecular weight excluding hydrogens is 777 g/mol. The van der Waals surface area contributed by atoms with Crippen LogP contribution in [0.3, 0.4) is 0 Å². The van der Waals surface area contributed by atoms with Crippen molar-refractivity contribution in [1.82, 2.24) is 31.1 Å². The van der Waals surface area contributed by atoms with Gasteiger partial charge in [-0.25, -0.2) is 4.79 Å². The summed E-state index contributed by atoms with van der Waals surface area (Å²) in [6, 6.07) is 1.62. The van der Waals surface area contributed by atoms with Gasteiger partial charge in [0.15, 0.2) is 0 Å². The second-order valence-electron chi connectivity index (χ2n) is 15.7. The number of amides is 6. The van der Waals surface area contributed by atoms with Gasteiger partial charge in [0, 0.05) is 38.1 Å². The Labute approximate surface area is 351 Å². The summed E-state index contributed by atoms with van der Waals surface area (Å²) in [6.07, 6.45) is 8.39. The van der Waals surface area contributed by atoms with Crippen molar-refractivity contribution < 1.29 is 54.0 Å². The van der Waals surface area contributed by atoms with Crippen LogP contribution in [-0.4, -0.2) is 123 Å². The van der Waals surface area contributed by atoms with Crippen LogP contribution in [0, 0.1) is 5.92 Å². The molecule has 3 rings (SSSR count). The number of carbonyl (C=O) groups is 7. The van der Waals surface area contributed by atoms with Crippen LogP contribution in [0.2, 0.25) is 0 Å². The Bertz CT molecular complexity index is 1860. The number of rotatable bonds is 19. The van der Waals surface area contributed by atoms with Gasteiger partial charge in [-0.1, -0.05) is 70.9 Å². The number of likely N-dealkylation sites (N-methyl/N-ethyl adjacent to an activating group) is 2. The topological polar surface area (TPSA) is 255 Å². The predicted molar refractivity (Wildman–Crippen MR) is 222 cm³/mol.